The first-order valence-electron chi connectivity index (χ1n) is 8.59. The number of benzene rings is 2. The number of carbonyl (C=O) groups excluding carboxylic acids is 2. The van der Waals surface area contributed by atoms with E-state index in [0.717, 1.165) is 37.6 Å². The van der Waals surface area contributed by atoms with Crippen molar-refractivity contribution in [1.82, 2.24) is 14.8 Å². The maximum atomic E-state index is 12.3. The molecule has 0 aliphatic carbocycles. The molecule has 5 nitrogen and oxygen atoms in total. The SMILES string of the molecule is Cc1c(/C=C2/NC(=O)N(C)C2=O)c2ccccc2n1Cc1ccccc1Cl. The molecule has 1 aliphatic heterocycles. The summed E-state index contributed by atoms with van der Waals surface area (Å²) in [4.78, 5) is 25.1. The first-order valence-corrected chi connectivity index (χ1v) is 8.97. The number of para-hydroxylation sites is 1. The van der Waals surface area contributed by atoms with E-state index in [0.29, 0.717) is 6.54 Å². The Morgan fingerprint density at radius 2 is 1.78 bits per heavy atom. The van der Waals surface area contributed by atoms with Gasteiger partial charge in [0.1, 0.15) is 5.70 Å². The van der Waals surface area contributed by atoms with E-state index >= 15 is 0 Å². The molecule has 4 rings (SSSR count). The van der Waals surface area contributed by atoms with Crippen LogP contribution in [-0.2, 0) is 11.3 Å². The van der Waals surface area contributed by atoms with Crippen molar-refractivity contribution in [2.45, 2.75) is 13.5 Å². The number of carbonyl (C=O) groups is 2. The molecule has 136 valence electrons. The van der Waals surface area contributed by atoms with Gasteiger partial charge in [0.15, 0.2) is 0 Å². The molecule has 3 aromatic rings. The van der Waals surface area contributed by atoms with Gasteiger partial charge in [-0.05, 0) is 30.7 Å². The van der Waals surface area contributed by atoms with Crippen molar-refractivity contribution in [3.8, 4) is 0 Å². The number of hydrogen-bond acceptors (Lipinski definition) is 2. The lowest BCUT2D eigenvalue weighted by Gasteiger charge is -2.10. The second-order valence-corrected chi connectivity index (χ2v) is 6.95. The number of urea groups is 1. The number of halogens is 1. The second-order valence-electron chi connectivity index (χ2n) is 6.55. The van der Waals surface area contributed by atoms with Gasteiger partial charge in [-0.3, -0.25) is 9.69 Å². The molecule has 2 aromatic carbocycles. The van der Waals surface area contributed by atoms with Crippen LogP contribution in [0.15, 0.2) is 54.2 Å². The summed E-state index contributed by atoms with van der Waals surface area (Å²) in [6.07, 6.45) is 1.75. The number of amides is 3. The van der Waals surface area contributed by atoms with Gasteiger partial charge in [-0.15, -0.1) is 0 Å². The fourth-order valence-corrected chi connectivity index (χ4v) is 3.60. The van der Waals surface area contributed by atoms with Gasteiger partial charge in [-0.2, -0.15) is 0 Å². The lowest BCUT2D eigenvalue weighted by atomic mass is 10.1. The zero-order valence-corrected chi connectivity index (χ0v) is 15.7. The van der Waals surface area contributed by atoms with Crippen molar-refractivity contribution < 1.29 is 9.59 Å². The topological polar surface area (TPSA) is 54.3 Å². The standard InChI is InChI=1S/C21H18ClN3O2/c1-13-16(11-18-20(26)24(2)21(27)23-18)15-8-4-6-10-19(15)25(13)12-14-7-3-5-9-17(14)22/h3-11H,12H2,1-2H3,(H,23,27)/b18-11+. The maximum Gasteiger partial charge on any atom is 0.328 e. The third kappa shape index (κ3) is 2.90. The Labute approximate surface area is 161 Å². The highest BCUT2D eigenvalue weighted by Crippen LogP contribution is 2.30. The van der Waals surface area contributed by atoms with E-state index in [1.807, 2.05) is 55.5 Å². The molecule has 1 aromatic heterocycles. The number of aromatic nitrogens is 1. The molecule has 2 heterocycles. The van der Waals surface area contributed by atoms with Crippen LogP contribution in [0.4, 0.5) is 4.79 Å². The zero-order chi connectivity index (χ0) is 19.1. The van der Waals surface area contributed by atoms with E-state index in [1.165, 1.54) is 7.05 Å². The molecule has 1 N–H and O–H groups in total. The molecule has 0 saturated carbocycles. The molecule has 3 amide bonds. The number of fused-ring (bicyclic) bond motifs is 1. The molecule has 27 heavy (non-hydrogen) atoms. The van der Waals surface area contributed by atoms with E-state index < -0.39 is 6.03 Å². The Morgan fingerprint density at radius 3 is 2.48 bits per heavy atom. The van der Waals surface area contributed by atoms with Crippen LogP contribution >= 0.6 is 11.6 Å². The quantitative estimate of drug-likeness (QED) is 0.548. The predicted octanol–water partition coefficient (Wildman–Crippen LogP) is 4.17. The van der Waals surface area contributed by atoms with Crippen LogP contribution in [0.5, 0.6) is 0 Å². The Kier molecular flexibility index (Phi) is 4.24. The molecule has 0 atom stereocenters. The van der Waals surface area contributed by atoms with Crippen LogP contribution in [-0.4, -0.2) is 28.5 Å². The van der Waals surface area contributed by atoms with E-state index in [4.69, 9.17) is 11.6 Å². The van der Waals surface area contributed by atoms with Crippen LogP contribution in [0.2, 0.25) is 5.02 Å². The molecule has 6 heteroatoms. The molecule has 1 saturated heterocycles. The fourth-order valence-electron chi connectivity index (χ4n) is 3.41. The van der Waals surface area contributed by atoms with E-state index in [2.05, 4.69) is 9.88 Å². The van der Waals surface area contributed by atoms with Crippen LogP contribution < -0.4 is 5.32 Å². The zero-order valence-electron chi connectivity index (χ0n) is 15.0. The average Bonchev–Trinajstić information content (AvgIpc) is 3.07. The molecular weight excluding hydrogens is 362 g/mol. The van der Waals surface area contributed by atoms with Crippen LogP contribution in [0.1, 0.15) is 16.8 Å². The van der Waals surface area contributed by atoms with Gasteiger partial charge in [-0.25, -0.2) is 4.79 Å². The molecule has 0 unspecified atom stereocenters. The van der Waals surface area contributed by atoms with Gasteiger partial charge < -0.3 is 9.88 Å². The highest BCUT2D eigenvalue weighted by Gasteiger charge is 2.30. The van der Waals surface area contributed by atoms with Crippen molar-refractivity contribution >= 4 is 40.5 Å². The van der Waals surface area contributed by atoms with Crippen molar-refractivity contribution in [3.63, 3.8) is 0 Å². The van der Waals surface area contributed by atoms with Gasteiger partial charge in [0.25, 0.3) is 5.91 Å². The van der Waals surface area contributed by atoms with Gasteiger partial charge in [0, 0.05) is 40.8 Å². The Hall–Kier alpha value is -3.05. The summed E-state index contributed by atoms with van der Waals surface area (Å²) in [7, 11) is 1.46. The monoisotopic (exact) mass is 379 g/mol. The summed E-state index contributed by atoms with van der Waals surface area (Å²) in [6.45, 7) is 2.63. The van der Waals surface area contributed by atoms with E-state index in [9.17, 15) is 9.59 Å². The maximum absolute atomic E-state index is 12.3. The van der Waals surface area contributed by atoms with Gasteiger partial charge >= 0.3 is 6.03 Å². The summed E-state index contributed by atoms with van der Waals surface area (Å²) in [6, 6.07) is 15.4. The first kappa shape index (κ1) is 17.4. The van der Waals surface area contributed by atoms with Gasteiger partial charge in [0.2, 0.25) is 0 Å². The summed E-state index contributed by atoms with van der Waals surface area (Å²) >= 11 is 6.35. The largest absolute Gasteiger partial charge is 0.340 e. The van der Waals surface area contributed by atoms with E-state index in [-0.39, 0.29) is 11.6 Å². The minimum Gasteiger partial charge on any atom is -0.340 e. The third-order valence-electron chi connectivity index (χ3n) is 4.94. The minimum absolute atomic E-state index is 0.284. The number of nitrogens with zero attached hydrogens (tertiary/aromatic N) is 2. The van der Waals surface area contributed by atoms with Crippen LogP contribution in [0, 0.1) is 6.92 Å². The van der Waals surface area contributed by atoms with Crippen LogP contribution in [0.3, 0.4) is 0 Å². The predicted molar refractivity (Wildman–Crippen MR) is 107 cm³/mol. The van der Waals surface area contributed by atoms with Crippen molar-refractivity contribution in [3.05, 3.63) is 76.1 Å². The van der Waals surface area contributed by atoms with Crippen molar-refractivity contribution in [2.75, 3.05) is 7.05 Å². The number of nitrogens with one attached hydrogen (secondary N) is 1. The Balaban J connectivity index is 1.86. The molecule has 1 fully saturated rings. The minimum atomic E-state index is -0.413. The summed E-state index contributed by atoms with van der Waals surface area (Å²) in [5, 5.41) is 4.37. The number of imide groups is 1. The fraction of sp³-hybridized carbons (Fsp3) is 0.143. The Morgan fingerprint density at radius 1 is 1.07 bits per heavy atom. The van der Waals surface area contributed by atoms with Crippen molar-refractivity contribution in [2.24, 2.45) is 0 Å². The summed E-state index contributed by atoms with van der Waals surface area (Å²) in [5.41, 5.74) is 4.27. The van der Waals surface area contributed by atoms with E-state index in [1.54, 1.807) is 6.08 Å². The lowest BCUT2D eigenvalue weighted by Crippen LogP contribution is -2.25. The average molecular weight is 380 g/mol. The molecule has 1 aliphatic rings. The number of hydrogen-bond donors (Lipinski definition) is 1. The van der Waals surface area contributed by atoms with Gasteiger partial charge in [-0.1, -0.05) is 48.0 Å². The first-order chi connectivity index (χ1) is 13.0. The molecule has 0 spiro atoms. The van der Waals surface area contributed by atoms with Crippen LogP contribution in [0.25, 0.3) is 17.0 Å². The highest BCUT2D eigenvalue weighted by molar-refractivity contribution is 6.31. The van der Waals surface area contributed by atoms with Gasteiger partial charge in [0.05, 0.1) is 0 Å². The third-order valence-corrected chi connectivity index (χ3v) is 5.30. The summed E-state index contributed by atoms with van der Waals surface area (Å²) < 4.78 is 2.17. The molecule has 0 radical (unpaired) electrons. The smallest absolute Gasteiger partial charge is 0.328 e. The highest BCUT2D eigenvalue weighted by atomic mass is 35.5. The van der Waals surface area contributed by atoms with Crippen molar-refractivity contribution in [1.29, 1.82) is 0 Å². The Bertz CT molecular complexity index is 1110. The summed E-state index contributed by atoms with van der Waals surface area (Å²) in [5.74, 6) is -0.331. The lowest BCUT2D eigenvalue weighted by molar-refractivity contribution is -0.121. The molecule has 0 bridgehead atoms. The number of rotatable bonds is 3. The molecular formula is C21H18ClN3O2. The normalized spacial score (nSPS) is 15.8. The number of likely N-dealkylation sites (N-methyl/N-ethyl adjacent to an activating group) is 1. The second kappa shape index (κ2) is 6.59.